The van der Waals surface area contributed by atoms with Crippen LogP contribution in [0.1, 0.15) is 50.2 Å². The molecule has 0 bridgehead atoms. The molecule has 0 spiro atoms. The minimum absolute atomic E-state index is 0.253. The highest BCUT2D eigenvalue weighted by Gasteiger charge is 2.11. The Bertz CT molecular complexity index is 519. The van der Waals surface area contributed by atoms with Crippen LogP contribution in [0.5, 0.6) is 0 Å². The zero-order chi connectivity index (χ0) is 13.5. The Morgan fingerprint density at radius 2 is 1.94 bits per heavy atom. The Labute approximate surface area is 119 Å². The number of carbonyl (C=O) groups excluding carboxylic acids is 1. The largest absolute Gasteiger partial charge is 0.336 e. The Kier molecular flexibility index (Phi) is 6.31. The van der Waals surface area contributed by atoms with Crippen LogP contribution in [-0.2, 0) is 0 Å². The molecule has 0 saturated carbocycles. The quantitative estimate of drug-likeness (QED) is 0.478. The molecule has 0 unspecified atom stereocenters. The number of halogens is 1. The van der Waals surface area contributed by atoms with E-state index in [4.69, 9.17) is 0 Å². The van der Waals surface area contributed by atoms with E-state index >= 15 is 0 Å². The number of aromatic amines is 1. The summed E-state index contributed by atoms with van der Waals surface area (Å²) in [5.41, 5.74) is -1.12. The number of carbonyl (C=O) groups is 1. The van der Waals surface area contributed by atoms with Gasteiger partial charge in [-0.25, -0.2) is 9.36 Å². The molecule has 0 fully saturated rings. The number of H-pyrrole nitrogens is 1. The monoisotopic (exact) mass is 364 g/mol. The molecule has 0 aliphatic heterocycles. The summed E-state index contributed by atoms with van der Waals surface area (Å²) < 4.78 is 1.39. The molecule has 0 atom stereocenters. The van der Waals surface area contributed by atoms with Crippen molar-refractivity contribution in [2.45, 2.75) is 45.4 Å². The maximum Gasteiger partial charge on any atom is 0.336 e. The SMILES string of the molecule is CCCCCCCC(=O)n1c(I)cc(=O)[nH]c1=O. The van der Waals surface area contributed by atoms with Crippen molar-refractivity contribution in [3.63, 3.8) is 0 Å². The molecule has 0 radical (unpaired) electrons. The van der Waals surface area contributed by atoms with E-state index in [0.29, 0.717) is 10.1 Å². The van der Waals surface area contributed by atoms with Gasteiger partial charge in [-0.3, -0.25) is 14.6 Å². The van der Waals surface area contributed by atoms with Crippen molar-refractivity contribution in [1.29, 1.82) is 0 Å². The minimum Gasteiger partial charge on any atom is -0.274 e. The molecule has 6 heteroatoms. The summed E-state index contributed by atoms with van der Waals surface area (Å²) in [4.78, 5) is 36.5. The Balaban J connectivity index is 2.62. The first-order valence-corrected chi connectivity index (χ1v) is 7.19. The molecule has 1 aromatic heterocycles. The van der Waals surface area contributed by atoms with Gasteiger partial charge in [0.2, 0.25) is 5.91 Å². The fourth-order valence-electron chi connectivity index (χ4n) is 1.69. The molecule has 1 aromatic rings. The number of hydrogen-bond acceptors (Lipinski definition) is 3. The molecule has 5 nitrogen and oxygen atoms in total. The fraction of sp³-hybridized carbons (Fsp3) is 0.583. The third-order valence-corrected chi connectivity index (χ3v) is 3.43. The Hall–Kier alpha value is -0.920. The van der Waals surface area contributed by atoms with Crippen LogP contribution in [0.4, 0.5) is 0 Å². The van der Waals surface area contributed by atoms with E-state index < -0.39 is 11.2 Å². The van der Waals surface area contributed by atoms with Gasteiger partial charge >= 0.3 is 5.69 Å². The van der Waals surface area contributed by atoms with Crippen molar-refractivity contribution >= 4 is 28.5 Å². The zero-order valence-electron chi connectivity index (χ0n) is 10.4. The van der Waals surface area contributed by atoms with Gasteiger partial charge in [-0.2, -0.15) is 0 Å². The lowest BCUT2D eigenvalue weighted by Gasteiger charge is -2.05. The normalized spacial score (nSPS) is 10.6. The first-order valence-electron chi connectivity index (χ1n) is 6.11. The molecular formula is C12H17IN2O3. The second-order valence-corrected chi connectivity index (χ2v) is 5.26. The van der Waals surface area contributed by atoms with Crippen LogP contribution in [0.15, 0.2) is 15.7 Å². The standard InChI is InChI=1S/C12H17IN2O3/c1-2-3-4-5-6-7-11(17)15-9(13)8-10(16)14-12(15)18/h8H,2-7H2,1H3,(H,14,16,18). The van der Waals surface area contributed by atoms with Crippen molar-refractivity contribution in [1.82, 2.24) is 9.55 Å². The minimum atomic E-state index is -0.648. The van der Waals surface area contributed by atoms with Gasteiger partial charge in [0.25, 0.3) is 5.56 Å². The van der Waals surface area contributed by atoms with Crippen LogP contribution in [0.3, 0.4) is 0 Å². The van der Waals surface area contributed by atoms with Gasteiger partial charge in [0.15, 0.2) is 0 Å². The molecule has 0 saturated heterocycles. The number of nitrogens with one attached hydrogen (secondary N) is 1. The van der Waals surface area contributed by atoms with Gasteiger partial charge in [-0.1, -0.05) is 32.6 Å². The lowest BCUT2D eigenvalue weighted by molar-refractivity contribution is 0.0889. The lowest BCUT2D eigenvalue weighted by atomic mass is 10.1. The van der Waals surface area contributed by atoms with Gasteiger partial charge in [-0.05, 0) is 29.0 Å². The van der Waals surface area contributed by atoms with Crippen molar-refractivity contribution in [2.24, 2.45) is 0 Å². The average Bonchev–Trinajstić information content (AvgIpc) is 2.27. The third kappa shape index (κ3) is 4.40. The summed E-state index contributed by atoms with van der Waals surface area (Å²) in [6, 6.07) is 1.25. The van der Waals surface area contributed by atoms with E-state index in [0.717, 1.165) is 30.3 Å². The van der Waals surface area contributed by atoms with Gasteiger partial charge in [-0.15, -0.1) is 0 Å². The van der Waals surface area contributed by atoms with E-state index in [9.17, 15) is 14.4 Å². The summed E-state index contributed by atoms with van der Waals surface area (Å²) in [7, 11) is 0. The van der Waals surface area contributed by atoms with E-state index in [1.54, 1.807) is 0 Å². The van der Waals surface area contributed by atoms with Gasteiger partial charge < -0.3 is 0 Å². The number of unbranched alkanes of at least 4 members (excludes halogenated alkanes) is 4. The highest BCUT2D eigenvalue weighted by molar-refractivity contribution is 14.1. The Morgan fingerprint density at radius 1 is 1.28 bits per heavy atom. The smallest absolute Gasteiger partial charge is 0.274 e. The van der Waals surface area contributed by atoms with Crippen LogP contribution in [0, 0.1) is 3.70 Å². The molecule has 0 aliphatic carbocycles. The second kappa shape index (κ2) is 7.50. The Morgan fingerprint density at radius 3 is 2.56 bits per heavy atom. The van der Waals surface area contributed by atoms with E-state index in [1.807, 2.05) is 22.6 Å². The van der Waals surface area contributed by atoms with Crippen LogP contribution in [0.25, 0.3) is 0 Å². The highest BCUT2D eigenvalue weighted by atomic mass is 127. The average molecular weight is 364 g/mol. The van der Waals surface area contributed by atoms with Crippen LogP contribution < -0.4 is 11.2 Å². The predicted octanol–water partition coefficient (Wildman–Crippen LogP) is 2.14. The van der Waals surface area contributed by atoms with E-state index in [-0.39, 0.29) is 5.91 Å². The van der Waals surface area contributed by atoms with Crippen LogP contribution in [0.2, 0.25) is 0 Å². The van der Waals surface area contributed by atoms with E-state index in [2.05, 4.69) is 11.9 Å². The predicted molar refractivity (Wildman–Crippen MR) is 78.0 cm³/mol. The summed E-state index contributed by atoms with van der Waals surface area (Å²) >= 11 is 1.82. The summed E-state index contributed by atoms with van der Waals surface area (Å²) in [5, 5.41) is 0. The topological polar surface area (TPSA) is 71.9 Å². The van der Waals surface area contributed by atoms with E-state index in [1.165, 1.54) is 12.5 Å². The van der Waals surface area contributed by atoms with Crippen molar-refractivity contribution in [3.8, 4) is 0 Å². The second-order valence-electron chi connectivity index (χ2n) is 4.15. The van der Waals surface area contributed by atoms with Crippen LogP contribution in [-0.4, -0.2) is 15.5 Å². The number of aromatic nitrogens is 2. The number of rotatable bonds is 6. The zero-order valence-corrected chi connectivity index (χ0v) is 12.5. The molecule has 0 aliphatic rings. The van der Waals surface area contributed by atoms with Crippen molar-refractivity contribution < 1.29 is 4.79 Å². The number of hydrogen-bond donors (Lipinski definition) is 1. The van der Waals surface area contributed by atoms with Crippen LogP contribution >= 0.6 is 22.6 Å². The highest BCUT2D eigenvalue weighted by Crippen LogP contribution is 2.07. The third-order valence-electron chi connectivity index (χ3n) is 2.64. The maximum atomic E-state index is 11.9. The molecule has 1 heterocycles. The first-order chi connectivity index (χ1) is 8.56. The molecule has 1 rings (SSSR count). The molecule has 100 valence electrons. The molecule has 0 aromatic carbocycles. The van der Waals surface area contributed by atoms with Gasteiger partial charge in [0.05, 0.1) is 3.70 Å². The molecular weight excluding hydrogens is 347 g/mol. The number of nitrogens with zero attached hydrogens (tertiary/aromatic N) is 1. The molecule has 0 amide bonds. The molecule has 18 heavy (non-hydrogen) atoms. The summed E-state index contributed by atoms with van der Waals surface area (Å²) in [6.07, 6.45) is 5.55. The fourth-order valence-corrected chi connectivity index (χ4v) is 2.46. The van der Waals surface area contributed by atoms with Crippen molar-refractivity contribution in [3.05, 3.63) is 30.6 Å². The van der Waals surface area contributed by atoms with Gasteiger partial charge in [0.1, 0.15) is 0 Å². The first kappa shape index (κ1) is 15.1. The lowest BCUT2D eigenvalue weighted by Crippen LogP contribution is -2.35. The summed E-state index contributed by atoms with van der Waals surface area (Å²) in [6.45, 7) is 2.13. The van der Waals surface area contributed by atoms with Gasteiger partial charge in [0, 0.05) is 12.5 Å². The molecule has 1 N–H and O–H groups in total. The van der Waals surface area contributed by atoms with Crippen molar-refractivity contribution in [2.75, 3.05) is 0 Å². The maximum absolute atomic E-state index is 11.9. The summed E-state index contributed by atoms with van der Waals surface area (Å²) in [5.74, 6) is -0.253.